The lowest BCUT2D eigenvalue weighted by Gasteiger charge is -2.29. The fourth-order valence-corrected chi connectivity index (χ4v) is 3.97. The van der Waals surface area contributed by atoms with Crippen LogP contribution in [-0.2, 0) is 11.3 Å². The van der Waals surface area contributed by atoms with Crippen molar-refractivity contribution in [1.82, 2.24) is 14.6 Å². The van der Waals surface area contributed by atoms with E-state index in [-0.39, 0.29) is 0 Å². The van der Waals surface area contributed by atoms with Crippen LogP contribution >= 0.6 is 0 Å². The Morgan fingerprint density at radius 3 is 2.63 bits per heavy atom. The molecule has 0 unspecified atom stereocenters. The molecule has 1 aliphatic rings. The summed E-state index contributed by atoms with van der Waals surface area (Å²) < 4.78 is 19.0. The molecule has 8 nitrogen and oxygen atoms in total. The number of ether oxygens (including phenoxy) is 3. The summed E-state index contributed by atoms with van der Waals surface area (Å²) in [6, 6.07) is 21.9. The van der Waals surface area contributed by atoms with E-state index in [0.29, 0.717) is 38.9 Å². The van der Waals surface area contributed by atoms with Gasteiger partial charge in [0.2, 0.25) is 5.88 Å². The highest BCUT2D eigenvalue weighted by molar-refractivity contribution is 5.79. The van der Waals surface area contributed by atoms with Gasteiger partial charge in [-0.25, -0.2) is 4.98 Å². The average Bonchev–Trinajstić information content (AvgIpc) is 3.30. The zero-order chi connectivity index (χ0) is 23.9. The third-order valence-electron chi connectivity index (χ3n) is 5.66. The van der Waals surface area contributed by atoms with Gasteiger partial charge in [-0.1, -0.05) is 48.0 Å². The number of aryl methyl sites for hydroxylation is 1. The Labute approximate surface area is 204 Å². The summed E-state index contributed by atoms with van der Waals surface area (Å²) in [4.78, 5) is 11.7. The molecule has 5 rings (SSSR count). The quantitative estimate of drug-likeness (QED) is 0.272. The van der Waals surface area contributed by atoms with Crippen molar-refractivity contribution in [3.63, 3.8) is 0 Å². The number of fused-ring (bicyclic) bond motifs is 1. The second kappa shape index (κ2) is 11.0. The zero-order valence-electron chi connectivity index (χ0n) is 19.8. The van der Waals surface area contributed by atoms with Crippen molar-refractivity contribution < 1.29 is 14.2 Å². The van der Waals surface area contributed by atoms with E-state index in [0.717, 1.165) is 41.6 Å². The minimum absolute atomic E-state index is 0.388. The number of hydrogen-bond donors (Lipinski definition) is 0. The third-order valence-corrected chi connectivity index (χ3v) is 5.66. The van der Waals surface area contributed by atoms with Crippen molar-refractivity contribution in [2.45, 2.75) is 13.5 Å². The van der Waals surface area contributed by atoms with Crippen LogP contribution in [0.3, 0.4) is 0 Å². The molecule has 0 amide bonds. The molecule has 1 aliphatic heterocycles. The first-order valence-electron chi connectivity index (χ1n) is 11.8. The summed E-state index contributed by atoms with van der Waals surface area (Å²) in [5.41, 5.74) is 3.90. The summed E-state index contributed by atoms with van der Waals surface area (Å²) in [6.45, 7) is 6.35. The molecule has 2 aromatic heterocycles. The van der Waals surface area contributed by atoms with Gasteiger partial charge >= 0.3 is 0 Å². The zero-order valence-corrected chi connectivity index (χ0v) is 19.8. The van der Waals surface area contributed by atoms with Crippen molar-refractivity contribution >= 4 is 17.7 Å². The molecule has 0 radical (unpaired) electrons. The van der Waals surface area contributed by atoms with Gasteiger partial charge in [-0.15, -0.1) is 5.10 Å². The Morgan fingerprint density at radius 1 is 0.971 bits per heavy atom. The maximum atomic E-state index is 5.88. The van der Waals surface area contributed by atoms with Crippen molar-refractivity contribution in [2.75, 3.05) is 44.4 Å². The fourth-order valence-electron chi connectivity index (χ4n) is 3.97. The summed E-state index contributed by atoms with van der Waals surface area (Å²) in [5.74, 6) is 2.30. The van der Waals surface area contributed by atoms with E-state index in [9.17, 15) is 0 Å². The topological polar surface area (TPSA) is 73.5 Å². The Kier molecular flexibility index (Phi) is 7.19. The summed E-state index contributed by atoms with van der Waals surface area (Å²) >= 11 is 0. The predicted molar refractivity (Wildman–Crippen MR) is 136 cm³/mol. The van der Waals surface area contributed by atoms with Crippen LogP contribution < -0.4 is 14.4 Å². The normalized spacial score (nSPS) is 14.0. The SMILES string of the molecule is Cc1cccc(C=NCc2cc(N3CCOCC3)n3nc(OCCOc4ccccc4)cc3n2)c1. The van der Waals surface area contributed by atoms with Gasteiger partial charge in [0.25, 0.3) is 0 Å². The van der Waals surface area contributed by atoms with Crippen LogP contribution in [0, 0.1) is 6.92 Å². The molecule has 0 aliphatic carbocycles. The molecule has 2 aromatic carbocycles. The second-order valence-corrected chi connectivity index (χ2v) is 8.35. The van der Waals surface area contributed by atoms with Crippen LogP contribution in [0.5, 0.6) is 11.6 Å². The summed E-state index contributed by atoms with van der Waals surface area (Å²) in [5, 5.41) is 4.67. The number of aliphatic imine (C=N–C) groups is 1. The van der Waals surface area contributed by atoms with E-state index < -0.39 is 0 Å². The van der Waals surface area contributed by atoms with E-state index in [1.807, 2.05) is 59.3 Å². The molecule has 0 saturated carbocycles. The Balaban J connectivity index is 1.32. The van der Waals surface area contributed by atoms with Crippen LogP contribution in [0.4, 0.5) is 5.82 Å². The van der Waals surface area contributed by atoms with Crippen LogP contribution in [0.1, 0.15) is 16.8 Å². The molecule has 8 heteroatoms. The average molecular weight is 472 g/mol. The van der Waals surface area contributed by atoms with E-state index in [1.165, 1.54) is 5.56 Å². The molecule has 0 N–H and O–H groups in total. The van der Waals surface area contributed by atoms with Crippen LogP contribution in [-0.4, -0.2) is 60.3 Å². The summed E-state index contributed by atoms with van der Waals surface area (Å²) in [6.07, 6.45) is 1.89. The molecular formula is C27H29N5O3. The van der Waals surface area contributed by atoms with Crippen molar-refractivity contribution in [3.8, 4) is 11.6 Å². The lowest BCUT2D eigenvalue weighted by atomic mass is 10.1. The highest BCUT2D eigenvalue weighted by atomic mass is 16.5. The third kappa shape index (κ3) is 5.96. The maximum absolute atomic E-state index is 5.88. The van der Waals surface area contributed by atoms with Gasteiger partial charge in [0.1, 0.15) is 24.8 Å². The molecule has 0 spiro atoms. The molecular weight excluding hydrogens is 442 g/mol. The predicted octanol–water partition coefficient (Wildman–Crippen LogP) is 3.95. The van der Waals surface area contributed by atoms with E-state index in [1.54, 1.807) is 0 Å². The van der Waals surface area contributed by atoms with Gasteiger partial charge in [-0.3, -0.25) is 4.99 Å². The molecule has 180 valence electrons. The Morgan fingerprint density at radius 2 is 1.80 bits per heavy atom. The van der Waals surface area contributed by atoms with Gasteiger partial charge in [0.15, 0.2) is 5.65 Å². The molecule has 35 heavy (non-hydrogen) atoms. The van der Waals surface area contributed by atoms with E-state index in [4.69, 9.17) is 19.2 Å². The molecule has 1 fully saturated rings. The van der Waals surface area contributed by atoms with Gasteiger partial charge in [-0.05, 0) is 24.6 Å². The number of benzene rings is 2. The van der Waals surface area contributed by atoms with Gasteiger partial charge in [0, 0.05) is 31.4 Å². The minimum Gasteiger partial charge on any atom is -0.490 e. The molecule has 0 bridgehead atoms. The highest BCUT2D eigenvalue weighted by Crippen LogP contribution is 2.22. The van der Waals surface area contributed by atoms with Gasteiger partial charge in [0.05, 0.1) is 25.5 Å². The largest absolute Gasteiger partial charge is 0.490 e. The summed E-state index contributed by atoms with van der Waals surface area (Å²) in [7, 11) is 0. The molecule has 3 heterocycles. The Bertz CT molecular complexity index is 1280. The number of anilines is 1. The monoisotopic (exact) mass is 471 g/mol. The molecule has 0 atom stereocenters. The minimum atomic E-state index is 0.388. The van der Waals surface area contributed by atoms with Crippen molar-refractivity contribution in [2.24, 2.45) is 4.99 Å². The number of para-hydroxylation sites is 1. The van der Waals surface area contributed by atoms with E-state index in [2.05, 4.69) is 40.1 Å². The van der Waals surface area contributed by atoms with Crippen LogP contribution in [0.2, 0.25) is 0 Å². The van der Waals surface area contributed by atoms with E-state index >= 15 is 0 Å². The first kappa shape index (κ1) is 22.9. The lowest BCUT2D eigenvalue weighted by Crippen LogP contribution is -2.37. The number of aromatic nitrogens is 3. The smallest absolute Gasteiger partial charge is 0.235 e. The lowest BCUT2D eigenvalue weighted by molar-refractivity contribution is 0.122. The second-order valence-electron chi connectivity index (χ2n) is 8.35. The molecule has 1 saturated heterocycles. The maximum Gasteiger partial charge on any atom is 0.235 e. The first-order valence-corrected chi connectivity index (χ1v) is 11.8. The Hall–Kier alpha value is -3.91. The van der Waals surface area contributed by atoms with Gasteiger partial charge < -0.3 is 19.1 Å². The van der Waals surface area contributed by atoms with Crippen molar-refractivity contribution in [3.05, 3.63) is 83.6 Å². The van der Waals surface area contributed by atoms with Gasteiger partial charge in [-0.2, -0.15) is 4.52 Å². The number of morpholine rings is 1. The number of rotatable bonds is 9. The fraction of sp³-hybridized carbons (Fsp3) is 0.296. The van der Waals surface area contributed by atoms with Crippen LogP contribution in [0.25, 0.3) is 5.65 Å². The van der Waals surface area contributed by atoms with Crippen molar-refractivity contribution in [1.29, 1.82) is 0 Å². The number of nitrogens with zero attached hydrogens (tertiary/aromatic N) is 5. The standard InChI is InChI=1S/C27H29N5O3/c1-21-6-5-7-22(16-21)19-28-20-23-17-27(31-10-12-33-13-11-31)32-25(29-23)18-26(30-32)35-15-14-34-24-8-3-2-4-9-24/h2-9,16-19H,10-15,20H2,1H3. The number of hydrogen-bond acceptors (Lipinski definition) is 7. The first-order chi connectivity index (χ1) is 17.2. The molecule has 4 aromatic rings. The van der Waals surface area contributed by atoms with Crippen LogP contribution in [0.15, 0.2) is 71.7 Å². The highest BCUT2D eigenvalue weighted by Gasteiger charge is 2.18.